The Morgan fingerprint density at radius 2 is 1.74 bits per heavy atom. The zero-order valence-electron chi connectivity index (χ0n) is 22.6. The van der Waals surface area contributed by atoms with E-state index in [1.54, 1.807) is 27.8 Å². The third-order valence-corrected chi connectivity index (χ3v) is 5.71. The van der Waals surface area contributed by atoms with Gasteiger partial charge in [-0.25, -0.2) is 4.79 Å². The Morgan fingerprint density at radius 1 is 1.11 bits per heavy atom. The molecule has 0 aliphatic rings. The number of amides is 2. The summed E-state index contributed by atoms with van der Waals surface area (Å²) in [4.78, 5) is 25.0. The second kappa shape index (κ2) is 14.2. The molecular formula is C28H46N2O5. The Morgan fingerprint density at radius 3 is 2.29 bits per heavy atom. The minimum atomic E-state index is -0.936. The summed E-state index contributed by atoms with van der Waals surface area (Å²) in [7, 11) is 1.58. The van der Waals surface area contributed by atoms with Crippen molar-refractivity contribution in [1.82, 2.24) is 10.6 Å². The number of benzene rings is 1. The van der Waals surface area contributed by atoms with Crippen molar-refractivity contribution in [2.75, 3.05) is 13.7 Å². The lowest BCUT2D eigenvalue weighted by molar-refractivity contribution is -0.125. The van der Waals surface area contributed by atoms with Crippen LogP contribution in [0.4, 0.5) is 4.79 Å². The van der Waals surface area contributed by atoms with Crippen molar-refractivity contribution in [3.05, 3.63) is 48.0 Å². The van der Waals surface area contributed by atoms with Gasteiger partial charge in [-0.1, -0.05) is 49.8 Å². The molecule has 0 aliphatic carbocycles. The largest absolute Gasteiger partial charge is 0.444 e. The molecule has 0 radical (unpaired) electrons. The van der Waals surface area contributed by atoms with E-state index in [1.165, 1.54) is 0 Å². The lowest BCUT2D eigenvalue weighted by atomic mass is 9.79. The summed E-state index contributed by atoms with van der Waals surface area (Å²) in [6.45, 7) is 16.4. The van der Waals surface area contributed by atoms with E-state index in [1.807, 2.05) is 37.3 Å². The van der Waals surface area contributed by atoms with Crippen LogP contribution in [-0.2, 0) is 20.9 Å². The van der Waals surface area contributed by atoms with Crippen LogP contribution in [0.5, 0.6) is 0 Å². The van der Waals surface area contributed by atoms with E-state index in [4.69, 9.17) is 9.47 Å². The van der Waals surface area contributed by atoms with Crippen molar-refractivity contribution in [2.45, 2.75) is 91.6 Å². The van der Waals surface area contributed by atoms with Crippen LogP contribution in [0.25, 0.3) is 0 Å². The number of aliphatic hydroxyl groups excluding tert-OH is 1. The number of carbonyl (C=O) groups excluding carboxylic acids is 2. The number of carbonyl (C=O) groups is 2. The zero-order valence-corrected chi connectivity index (χ0v) is 22.6. The fourth-order valence-corrected chi connectivity index (χ4v) is 3.92. The Labute approximate surface area is 211 Å². The average Bonchev–Trinajstić information content (AvgIpc) is 2.74. The molecule has 0 aliphatic heterocycles. The van der Waals surface area contributed by atoms with E-state index in [9.17, 15) is 14.7 Å². The Kier molecular flexibility index (Phi) is 12.5. The summed E-state index contributed by atoms with van der Waals surface area (Å²) < 4.78 is 11.3. The summed E-state index contributed by atoms with van der Waals surface area (Å²) in [5.74, 6) is -0.593. The monoisotopic (exact) mass is 490 g/mol. The van der Waals surface area contributed by atoms with E-state index in [0.717, 1.165) is 17.6 Å². The van der Waals surface area contributed by atoms with E-state index in [2.05, 4.69) is 31.1 Å². The molecule has 7 heteroatoms. The molecule has 0 saturated heterocycles. The van der Waals surface area contributed by atoms with Gasteiger partial charge in [0.1, 0.15) is 5.60 Å². The Balaban J connectivity index is 2.87. The van der Waals surface area contributed by atoms with Crippen molar-refractivity contribution < 1.29 is 24.2 Å². The molecule has 0 unspecified atom stereocenters. The Bertz CT molecular complexity index is 801. The number of hydrogen-bond acceptors (Lipinski definition) is 5. The zero-order chi connectivity index (χ0) is 26.6. The van der Waals surface area contributed by atoms with Crippen LogP contribution in [0.3, 0.4) is 0 Å². The SMILES string of the molecule is C=C(C)C[C@H](C[C@H](O)[C@H](CC(C)(C)CCOCc1ccccc1)NC(=O)OC(C)(C)C)C(=O)NC. The van der Waals surface area contributed by atoms with E-state index in [-0.39, 0.29) is 17.7 Å². The summed E-state index contributed by atoms with van der Waals surface area (Å²) in [5, 5.41) is 16.7. The minimum absolute atomic E-state index is 0.156. The number of ether oxygens (including phenoxy) is 2. The van der Waals surface area contributed by atoms with Gasteiger partial charge in [-0.15, -0.1) is 6.58 Å². The van der Waals surface area contributed by atoms with Crippen molar-refractivity contribution in [3.8, 4) is 0 Å². The van der Waals surface area contributed by atoms with Gasteiger partial charge in [-0.3, -0.25) is 4.79 Å². The number of alkyl carbamates (subject to hydrolysis) is 1. The van der Waals surface area contributed by atoms with Crippen LogP contribution in [0.15, 0.2) is 42.5 Å². The first-order valence-electron chi connectivity index (χ1n) is 12.4. The highest BCUT2D eigenvalue weighted by Gasteiger charge is 2.33. The van der Waals surface area contributed by atoms with Crippen LogP contribution >= 0.6 is 0 Å². The van der Waals surface area contributed by atoms with Gasteiger partial charge in [-0.2, -0.15) is 0 Å². The van der Waals surface area contributed by atoms with Gasteiger partial charge >= 0.3 is 6.09 Å². The molecule has 0 spiro atoms. The van der Waals surface area contributed by atoms with Crippen molar-refractivity contribution in [1.29, 1.82) is 0 Å². The second-order valence-electron chi connectivity index (χ2n) is 11.2. The van der Waals surface area contributed by atoms with E-state index < -0.39 is 29.8 Å². The fourth-order valence-electron chi connectivity index (χ4n) is 3.92. The molecule has 35 heavy (non-hydrogen) atoms. The van der Waals surface area contributed by atoms with E-state index >= 15 is 0 Å². The molecule has 0 saturated carbocycles. The third-order valence-electron chi connectivity index (χ3n) is 5.71. The van der Waals surface area contributed by atoms with Gasteiger partial charge in [0.25, 0.3) is 0 Å². The van der Waals surface area contributed by atoms with Crippen molar-refractivity contribution in [3.63, 3.8) is 0 Å². The Hall–Kier alpha value is -2.38. The van der Waals surface area contributed by atoms with E-state index in [0.29, 0.717) is 26.1 Å². The number of aliphatic hydroxyl groups is 1. The molecule has 198 valence electrons. The molecule has 3 atom stereocenters. The molecule has 0 fully saturated rings. The number of allylic oxidation sites excluding steroid dienone is 1. The molecule has 0 aromatic heterocycles. The third kappa shape index (κ3) is 13.3. The van der Waals surface area contributed by atoms with Crippen LogP contribution in [0.1, 0.15) is 72.8 Å². The molecule has 0 bridgehead atoms. The number of nitrogens with one attached hydrogen (secondary N) is 2. The van der Waals surface area contributed by atoms with Crippen LogP contribution in [-0.4, -0.2) is 48.5 Å². The fraction of sp³-hybridized carbons (Fsp3) is 0.643. The highest BCUT2D eigenvalue weighted by Crippen LogP contribution is 2.30. The van der Waals surface area contributed by atoms with Gasteiger partial charge in [0.2, 0.25) is 5.91 Å². The summed E-state index contributed by atoms with van der Waals surface area (Å²) in [5.41, 5.74) is 1.07. The first kappa shape index (κ1) is 30.7. The highest BCUT2D eigenvalue weighted by atomic mass is 16.6. The smallest absolute Gasteiger partial charge is 0.407 e. The van der Waals surface area contributed by atoms with Gasteiger partial charge in [0.15, 0.2) is 0 Å². The first-order valence-corrected chi connectivity index (χ1v) is 12.4. The van der Waals surface area contributed by atoms with Gasteiger partial charge < -0.3 is 25.2 Å². The normalized spacial score (nSPS) is 14.5. The summed E-state index contributed by atoms with van der Waals surface area (Å²) in [6.07, 6.45) is 0.377. The van der Waals surface area contributed by atoms with Crippen LogP contribution < -0.4 is 10.6 Å². The molecule has 7 nitrogen and oxygen atoms in total. The lowest BCUT2D eigenvalue weighted by Gasteiger charge is -2.34. The number of hydrogen-bond donors (Lipinski definition) is 3. The van der Waals surface area contributed by atoms with Crippen LogP contribution in [0, 0.1) is 11.3 Å². The molecule has 2 amide bonds. The number of rotatable bonds is 14. The summed E-state index contributed by atoms with van der Waals surface area (Å²) in [6, 6.07) is 9.40. The molecular weight excluding hydrogens is 444 g/mol. The maximum Gasteiger partial charge on any atom is 0.407 e. The standard InChI is InChI=1S/C28H46N2O5/c1-20(2)16-22(25(32)29-8)17-24(31)23(30-26(33)35-27(3,4)5)18-28(6,7)14-15-34-19-21-12-10-9-11-13-21/h9-13,22-24,31H,1,14-19H2,2-8H3,(H,29,32)(H,30,33)/t22-,23+,24+/m1/s1. The predicted octanol–water partition coefficient (Wildman–Crippen LogP) is 4.98. The quantitative estimate of drug-likeness (QED) is 0.252. The topological polar surface area (TPSA) is 96.9 Å². The molecule has 0 heterocycles. The minimum Gasteiger partial charge on any atom is -0.444 e. The molecule has 1 aromatic carbocycles. The molecule has 1 rings (SSSR count). The van der Waals surface area contributed by atoms with Crippen molar-refractivity contribution >= 4 is 12.0 Å². The molecule has 3 N–H and O–H groups in total. The van der Waals surface area contributed by atoms with Crippen LogP contribution in [0.2, 0.25) is 0 Å². The highest BCUT2D eigenvalue weighted by molar-refractivity contribution is 5.78. The first-order chi connectivity index (χ1) is 16.2. The van der Waals surface area contributed by atoms with Gasteiger partial charge in [0.05, 0.1) is 18.8 Å². The average molecular weight is 491 g/mol. The second-order valence-corrected chi connectivity index (χ2v) is 11.2. The van der Waals surface area contributed by atoms with Crippen molar-refractivity contribution in [2.24, 2.45) is 11.3 Å². The molecule has 1 aromatic rings. The lowest BCUT2D eigenvalue weighted by Crippen LogP contribution is -2.48. The summed E-state index contributed by atoms with van der Waals surface area (Å²) >= 11 is 0. The van der Waals surface area contributed by atoms with Gasteiger partial charge in [-0.05, 0) is 64.4 Å². The maximum atomic E-state index is 12.6. The van der Waals surface area contributed by atoms with Gasteiger partial charge in [0, 0.05) is 19.6 Å². The predicted molar refractivity (Wildman–Crippen MR) is 140 cm³/mol. The maximum absolute atomic E-state index is 12.6.